The van der Waals surface area contributed by atoms with Crippen molar-refractivity contribution >= 4 is 40.5 Å². The maximum atomic E-state index is 13.3. The van der Waals surface area contributed by atoms with E-state index in [9.17, 15) is 19.7 Å². The highest BCUT2D eigenvalue weighted by molar-refractivity contribution is 7.80. The third kappa shape index (κ3) is 2.43. The number of carbonyl (C=O) groups is 2. The number of carbonyl (C=O) groups excluding carboxylic acids is 2. The molecule has 0 saturated carbocycles. The number of piperazine rings is 1. The van der Waals surface area contributed by atoms with Crippen LogP contribution in [0.1, 0.15) is 5.56 Å². The van der Waals surface area contributed by atoms with Gasteiger partial charge in [-0.25, -0.2) is 0 Å². The molecule has 2 atom stereocenters. The van der Waals surface area contributed by atoms with Gasteiger partial charge in [0.25, 0.3) is 5.69 Å². The minimum atomic E-state index is -1.37. The van der Waals surface area contributed by atoms with Crippen LogP contribution in [-0.2, 0) is 16.0 Å². The van der Waals surface area contributed by atoms with Crippen LogP contribution in [0.15, 0.2) is 18.2 Å². The Kier molecular flexibility index (Phi) is 3.93. The number of nitro benzene ring substituents is 1. The lowest BCUT2D eigenvalue weighted by molar-refractivity contribution is -0.384. The number of hydrogen-bond donors (Lipinski definition) is 1. The van der Waals surface area contributed by atoms with Crippen molar-refractivity contribution in [2.75, 3.05) is 38.6 Å². The SMILES string of the molecule is CN1CCN2c3ccc([N+](=O)[O-])cc3CC3(C(=O)NC(=S)N(C)C3=O)C2C1. The molecular weight excluding hydrogens is 370 g/mol. The monoisotopic (exact) mass is 389 g/mol. The first-order valence-corrected chi connectivity index (χ1v) is 9.02. The number of non-ortho nitro benzene ring substituents is 1. The van der Waals surface area contributed by atoms with Gasteiger partial charge in [0.2, 0.25) is 11.8 Å². The van der Waals surface area contributed by atoms with Gasteiger partial charge in [0, 0.05) is 50.9 Å². The van der Waals surface area contributed by atoms with E-state index in [1.807, 2.05) is 11.9 Å². The summed E-state index contributed by atoms with van der Waals surface area (Å²) in [4.78, 5) is 42.6. The fourth-order valence-corrected chi connectivity index (χ4v) is 4.56. The number of rotatable bonds is 1. The van der Waals surface area contributed by atoms with Crippen molar-refractivity contribution in [1.82, 2.24) is 15.1 Å². The molecular formula is C17H19N5O4S. The predicted molar refractivity (Wildman–Crippen MR) is 101 cm³/mol. The van der Waals surface area contributed by atoms with Gasteiger partial charge in [-0.15, -0.1) is 0 Å². The van der Waals surface area contributed by atoms with Crippen molar-refractivity contribution in [3.05, 3.63) is 33.9 Å². The average molecular weight is 389 g/mol. The summed E-state index contributed by atoms with van der Waals surface area (Å²) in [5.74, 6) is -0.795. The molecule has 1 N–H and O–H groups in total. The quantitative estimate of drug-likeness (QED) is 0.315. The molecule has 3 aliphatic rings. The Balaban J connectivity index is 1.90. The molecule has 3 aliphatic heterocycles. The van der Waals surface area contributed by atoms with E-state index in [0.717, 1.165) is 12.2 Å². The molecule has 1 aromatic rings. The van der Waals surface area contributed by atoms with Gasteiger partial charge in [0.15, 0.2) is 10.5 Å². The molecule has 2 unspecified atom stereocenters. The molecule has 9 nitrogen and oxygen atoms in total. The topological polar surface area (TPSA) is 99.0 Å². The number of likely N-dealkylation sites (N-methyl/N-ethyl adjacent to an activating group) is 1. The first-order chi connectivity index (χ1) is 12.8. The summed E-state index contributed by atoms with van der Waals surface area (Å²) in [6, 6.07) is 4.29. The number of anilines is 1. The van der Waals surface area contributed by atoms with Crippen LogP contribution in [0.2, 0.25) is 0 Å². The molecule has 27 heavy (non-hydrogen) atoms. The largest absolute Gasteiger partial charge is 0.364 e. The number of benzene rings is 1. The zero-order chi connectivity index (χ0) is 19.5. The first-order valence-electron chi connectivity index (χ1n) is 8.62. The van der Waals surface area contributed by atoms with E-state index in [-0.39, 0.29) is 29.2 Å². The van der Waals surface area contributed by atoms with Gasteiger partial charge < -0.3 is 15.1 Å². The third-order valence-electron chi connectivity index (χ3n) is 5.82. The molecule has 2 amide bonds. The number of amides is 2. The summed E-state index contributed by atoms with van der Waals surface area (Å²) < 4.78 is 0. The Hall–Kier alpha value is -2.59. The van der Waals surface area contributed by atoms with E-state index >= 15 is 0 Å². The van der Waals surface area contributed by atoms with Gasteiger partial charge in [-0.3, -0.25) is 24.6 Å². The summed E-state index contributed by atoms with van der Waals surface area (Å²) in [5.41, 5.74) is 0.0630. The van der Waals surface area contributed by atoms with E-state index < -0.39 is 16.2 Å². The zero-order valence-electron chi connectivity index (χ0n) is 15.0. The highest BCUT2D eigenvalue weighted by Gasteiger charge is 2.61. The highest BCUT2D eigenvalue weighted by Crippen LogP contribution is 2.46. The number of thiocarbonyl (C=S) groups is 1. The molecule has 0 aliphatic carbocycles. The Labute approximate surface area is 161 Å². The van der Waals surface area contributed by atoms with Crippen molar-refractivity contribution in [2.24, 2.45) is 5.41 Å². The second-order valence-electron chi connectivity index (χ2n) is 7.31. The molecule has 2 saturated heterocycles. The van der Waals surface area contributed by atoms with E-state index in [2.05, 4.69) is 10.2 Å². The summed E-state index contributed by atoms with van der Waals surface area (Å²) in [5, 5.41) is 14.0. The molecule has 1 aromatic carbocycles. The normalized spacial score (nSPS) is 28.1. The fraction of sp³-hybridized carbons (Fsp3) is 0.471. The molecule has 2 fully saturated rings. The van der Waals surface area contributed by atoms with Gasteiger partial charge in [0.1, 0.15) is 0 Å². The van der Waals surface area contributed by atoms with E-state index in [0.29, 0.717) is 18.7 Å². The molecule has 0 radical (unpaired) electrons. The maximum absolute atomic E-state index is 13.3. The Morgan fingerprint density at radius 2 is 2.04 bits per heavy atom. The summed E-state index contributed by atoms with van der Waals surface area (Å²) in [6.45, 7) is 1.94. The van der Waals surface area contributed by atoms with Gasteiger partial charge in [0.05, 0.1) is 11.0 Å². The second-order valence-corrected chi connectivity index (χ2v) is 7.70. The van der Waals surface area contributed by atoms with E-state index in [4.69, 9.17) is 12.2 Å². The average Bonchev–Trinajstić information content (AvgIpc) is 2.64. The molecule has 10 heteroatoms. The first kappa shape index (κ1) is 17.8. The standard InChI is InChI=1S/C17H19N5O4S/c1-19-5-6-21-12-4-3-11(22(25)26)7-10(12)8-17(13(21)9-19)14(23)18-16(27)20(2)15(17)24/h3-4,7,13H,5-6,8-9H2,1-2H3,(H,18,23,27). The van der Waals surface area contributed by atoms with Gasteiger partial charge in [-0.1, -0.05) is 0 Å². The van der Waals surface area contributed by atoms with Crippen molar-refractivity contribution in [3.8, 4) is 0 Å². The van der Waals surface area contributed by atoms with Gasteiger partial charge in [-0.05, 0) is 30.9 Å². The molecule has 3 heterocycles. The smallest absolute Gasteiger partial charge is 0.269 e. The number of nitrogens with one attached hydrogen (secondary N) is 1. The number of fused-ring (bicyclic) bond motifs is 4. The Bertz CT molecular complexity index is 890. The van der Waals surface area contributed by atoms with Crippen molar-refractivity contribution < 1.29 is 14.5 Å². The molecule has 0 aromatic heterocycles. The number of hydrogen-bond acceptors (Lipinski definition) is 7. The minimum absolute atomic E-state index is 0.0518. The lowest BCUT2D eigenvalue weighted by Gasteiger charge is -2.55. The van der Waals surface area contributed by atoms with Crippen LogP contribution in [0.5, 0.6) is 0 Å². The Morgan fingerprint density at radius 3 is 2.74 bits per heavy atom. The summed E-state index contributed by atoms with van der Waals surface area (Å²) in [7, 11) is 3.50. The molecule has 0 bridgehead atoms. The van der Waals surface area contributed by atoms with Crippen LogP contribution >= 0.6 is 12.2 Å². The molecule has 1 spiro atoms. The van der Waals surface area contributed by atoms with Gasteiger partial charge >= 0.3 is 0 Å². The summed E-state index contributed by atoms with van der Waals surface area (Å²) >= 11 is 5.10. The van der Waals surface area contributed by atoms with E-state index in [1.54, 1.807) is 13.1 Å². The minimum Gasteiger partial charge on any atom is -0.364 e. The van der Waals surface area contributed by atoms with Crippen LogP contribution in [0.3, 0.4) is 0 Å². The zero-order valence-corrected chi connectivity index (χ0v) is 15.8. The van der Waals surface area contributed by atoms with Gasteiger partial charge in [-0.2, -0.15) is 0 Å². The van der Waals surface area contributed by atoms with Crippen LogP contribution in [0.25, 0.3) is 0 Å². The predicted octanol–water partition coefficient (Wildman–Crippen LogP) is 0.131. The molecule has 142 valence electrons. The van der Waals surface area contributed by atoms with Crippen molar-refractivity contribution in [3.63, 3.8) is 0 Å². The maximum Gasteiger partial charge on any atom is 0.269 e. The van der Waals surface area contributed by atoms with Crippen LogP contribution < -0.4 is 10.2 Å². The second kappa shape index (κ2) is 5.96. The fourth-order valence-electron chi connectivity index (χ4n) is 4.39. The number of nitro groups is 1. The van der Waals surface area contributed by atoms with Crippen molar-refractivity contribution in [1.29, 1.82) is 0 Å². The van der Waals surface area contributed by atoms with Crippen LogP contribution in [0, 0.1) is 15.5 Å². The lowest BCUT2D eigenvalue weighted by atomic mass is 9.67. The van der Waals surface area contributed by atoms with Crippen LogP contribution in [0.4, 0.5) is 11.4 Å². The highest BCUT2D eigenvalue weighted by atomic mass is 32.1. The van der Waals surface area contributed by atoms with E-state index in [1.165, 1.54) is 17.0 Å². The van der Waals surface area contributed by atoms with Crippen molar-refractivity contribution in [2.45, 2.75) is 12.5 Å². The lowest BCUT2D eigenvalue weighted by Crippen LogP contribution is -2.74. The summed E-state index contributed by atoms with van der Waals surface area (Å²) in [6.07, 6.45) is 0.108. The number of nitrogens with zero attached hydrogens (tertiary/aromatic N) is 4. The Morgan fingerprint density at radius 1 is 1.30 bits per heavy atom. The third-order valence-corrected chi connectivity index (χ3v) is 6.20. The molecule has 4 rings (SSSR count). The van der Waals surface area contributed by atoms with Crippen LogP contribution in [-0.4, -0.2) is 71.4 Å².